The van der Waals surface area contributed by atoms with Crippen molar-refractivity contribution in [3.63, 3.8) is 0 Å². The highest BCUT2D eigenvalue weighted by Gasteiger charge is 2.10. The highest BCUT2D eigenvalue weighted by Crippen LogP contribution is 2.24. The second kappa shape index (κ2) is 9.30. The van der Waals surface area contributed by atoms with Crippen LogP contribution < -0.4 is 15.4 Å². The number of carbonyl (C=O) groups excluding carboxylic acids is 2. The summed E-state index contributed by atoms with van der Waals surface area (Å²) in [5.74, 6) is 0.252. The number of rotatable bonds is 7. The molecule has 0 saturated heterocycles. The van der Waals surface area contributed by atoms with Crippen molar-refractivity contribution in [2.45, 2.75) is 6.42 Å². The first kappa shape index (κ1) is 19.1. The molecule has 2 N–H and O–H groups in total. The van der Waals surface area contributed by atoms with Crippen molar-refractivity contribution in [1.82, 2.24) is 10.6 Å². The average molecular weight is 381 g/mol. The molecule has 0 aromatic heterocycles. The maximum atomic E-state index is 12.0. The molecule has 7 heteroatoms. The molecule has 25 heavy (non-hydrogen) atoms. The number of hydrogen-bond acceptors (Lipinski definition) is 3. The van der Waals surface area contributed by atoms with Gasteiger partial charge in [0.25, 0.3) is 5.91 Å². The highest BCUT2D eigenvalue weighted by molar-refractivity contribution is 6.36. The van der Waals surface area contributed by atoms with Crippen LogP contribution in [0.15, 0.2) is 42.5 Å². The van der Waals surface area contributed by atoms with E-state index in [2.05, 4.69) is 10.6 Å². The molecule has 0 saturated carbocycles. The number of methoxy groups -OCH3 is 1. The van der Waals surface area contributed by atoms with Crippen LogP contribution in [0.1, 0.15) is 15.9 Å². The van der Waals surface area contributed by atoms with Crippen molar-refractivity contribution in [1.29, 1.82) is 0 Å². The Bertz CT molecular complexity index is 728. The molecule has 0 aliphatic rings. The quantitative estimate of drug-likeness (QED) is 0.725. The van der Waals surface area contributed by atoms with E-state index < -0.39 is 0 Å². The molecule has 0 bridgehead atoms. The molecule has 5 nitrogen and oxygen atoms in total. The van der Waals surface area contributed by atoms with Crippen molar-refractivity contribution in [3.8, 4) is 5.75 Å². The van der Waals surface area contributed by atoms with Crippen LogP contribution in [0, 0.1) is 0 Å². The lowest BCUT2D eigenvalue weighted by atomic mass is 10.1. The Kier molecular flexibility index (Phi) is 7.10. The van der Waals surface area contributed by atoms with Gasteiger partial charge in [-0.2, -0.15) is 0 Å². The Balaban J connectivity index is 1.75. The molecule has 0 aliphatic heterocycles. The SMILES string of the molecule is COc1ccc(C(=O)NCCNC(=O)Cc2c(Cl)cccc2Cl)cc1. The van der Waals surface area contributed by atoms with E-state index in [0.29, 0.717) is 40.0 Å². The van der Waals surface area contributed by atoms with Crippen LogP contribution >= 0.6 is 23.2 Å². The second-order valence-electron chi connectivity index (χ2n) is 5.21. The molecule has 0 unspecified atom stereocenters. The largest absolute Gasteiger partial charge is 0.497 e. The van der Waals surface area contributed by atoms with E-state index in [0.717, 1.165) is 0 Å². The van der Waals surface area contributed by atoms with E-state index in [9.17, 15) is 9.59 Å². The zero-order valence-electron chi connectivity index (χ0n) is 13.6. The maximum Gasteiger partial charge on any atom is 0.251 e. The molecular weight excluding hydrogens is 363 g/mol. The van der Waals surface area contributed by atoms with Gasteiger partial charge in [-0.3, -0.25) is 9.59 Å². The van der Waals surface area contributed by atoms with E-state index in [1.54, 1.807) is 49.6 Å². The number of amides is 2. The molecule has 0 heterocycles. The minimum absolute atomic E-state index is 0.0882. The normalized spacial score (nSPS) is 10.2. The third kappa shape index (κ3) is 5.66. The van der Waals surface area contributed by atoms with Crippen molar-refractivity contribution < 1.29 is 14.3 Å². The standard InChI is InChI=1S/C18H18Cl2N2O3/c1-25-13-7-5-12(6-8-13)18(24)22-10-9-21-17(23)11-14-15(19)3-2-4-16(14)20/h2-8H,9-11H2,1H3,(H,21,23)(H,22,24). The Hall–Kier alpha value is -2.24. The molecule has 2 aromatic rings. The van der Waals surface area contributed by atoms with Crippen LogP contribution in [-0.2, 0) is 11.2 Å². The van der Waals surface area contributed by atoms with E-state index in [-0.39, 0.29) is 18.2 Å². The Morgan fingerprint density at radius 1 is 0.960 bits per heavy atom. The summed E-state index contributed by atoms with van der Waals surface area (Å²) >= 11 is 12.1. The molecule has 2 aromatic carbocycles. The van der Waals surface area contributed by atoms with E-state index in [1.807, 2.05) is 0 Å². The minimum atomic E-state index is -0.217. The van der Waals surface area contributed by atoms with Crippen molar-refractivity contribution in [2.75, 3.05) is 20.2 Å². The number of benzene rings is 2. The number of nitrogens with one attached hydrogen (secondary N) is 2. The van der Waals surface area contributed by atoms with Crippen molar-refractivity contribution in [3.05, 3.63) is 63.6 Å². The summed E-state index contributed by atoms with van der Waals surface area (Å²) in [6, 6.07) is 11.9. The van der Waals surface area contributed by atoms with Crippen LogP contribution in [-0.4, -0.2) is 32.0 Å². The van der Waals surface area contributed by atoms with Crippen LogP contribution in [0.3, 0.4) is 0 Å². The lowest BCUT2D eigenvalue weighted by Crippen LogP contribution is -2.35. The summed E-state index contributed by atoms with van der Waals surface area (Å²) in [6.07, 6.45) is 0.0882. The topological polar surface area (TPSA) is 67.4 Å². The van der Waals surface area contributed by atoms with Gasteiger partial charge in [0.05, 0.1) is 13.5 Å². The Morgan fingerprint density at radius 3 is 2.16 bits per heavy atom. The molecule has 132 valence electrons. The summed E-state index contributed by atoms with van der Waals surface area (Å²) in [6.45, 7) is 0.621. The molecule has 0 aliphatic carbocycles. The fraction of sp³-hybridized carbons (Fsp3) is 0.222. The first-order valence-corrected chi connectivity index (χ1v) is 8.38. The number of halogens is 2. The third-order valence-electron chi connectivity index (χ3n) is 3.48. The molecule has 2 amide bonds. The molecule has 0 fully saturated rings. The second-order valence-corrected chi connectivity index (χ2v) is 6.03. The van der Waals surface area contributed by atoms with Gasteiger partial charge in [-0.05, 0) is 42.0 Å². The monoisotopic (exact) mass is 380 g/mol. The van der Waals surface area contributed by atoms with Crippen LogP contribution in [0.4, 0.5) is 0 Å². The van der Waals surface area contributed by atoms with Gasteiger partial charge in [-0.1, -0.05) is 29.3 Å². The van der Waals surface area contributed by atoms with Crippen LogP contribution in [0.2, 0.25) is 10.0 Å². The predicted octanol–water partition coefficient (Wildman–Crippen LogP) is 3.09. The van der Waals surface area contributed by atoms with Gasteiger partial charge < -0.3 is 15.4 Å². The van der Waals surface area contributed by atoms with Crippen LogP contribution in [0.25, 0.3) is 0 Å². The molecule has 2 rings (SSSR count). The first-order valence-electron chi connectivity index (χ1n) is 7.63. The molecule has 0 spiro atoms. The lowest BCUT2D eigenvalue weighted by Gasteiger charge is -2.09. The van der Waals surface area contributed by atoms with Gasteiger partial charge in [0.1, 0.15) is 5.75 Å². The van der Waals surface area contributed by atoms with Gasteiger partial charge in [-0.25, -0.2) is 0 Å². The fourth-order valence-electron chi connectivity index (χ4n) is 2.15. The van der Waals surface area contributed by atoms with E-state index in [4.69, 9.17) is 27.9 Å². The number of carbonyl (C=O) groups is 2. The molecule has 0 atom stereocenters. The van der Waals surface area contributed by atoms with Gasteiger partial charge >= 0.3 is 0 Å². The molecular formula is C18H18Cl2N2O3. The maximum absolute atomic E-state index is 12.0. The lowest BCUT2D eigenvalue weighted by molar-refractivity contribution is -0.120. The van der Waals surface area contributed by atoms with Crippen LogP contribution in [0.5, 0.6) is 5.75 Å². The zero-order chi connectivity index (χ0) is 18.2. The van der Waals surface area contributed by atoms with Gasteiger partial charge in [-0.15, -0.1) is 0 Å². The highest BCUT2D eigenvalue weighted by atomic mass is 35.5. The summed E-state index contributed by atoms with van der Waals surface area (Å²) in [4.78, 5) is 23.9. The number of ether oxygens (including phenoxy) is 1. The zero-order valence-corrected chi connectivity index (χ0v) is 15.2. The first-order chi connectivity index (χ1) is 12.0. The Labute approximate surface area is 156 Å². The van der Waals surface area contributed by atoms with Crippen molar-refractivity contribution >= 4 is 35.0 Å². The van der Waals surface area contributed by atoms with Crippen molar-refractivity contribution in [2.24, 2.45) is 0 Å². The summed E-state index contributed by atoms with van der Waals surface area (Å²) in [7, 11) is 1.56. The molecule has 0 radical (unpaired) electrons. The summed E-state index contributed by atoms with van der Waals surface area (Å²) in [5.41, 5.74) is 1.11. The average Bonchev–Trinajstić information content (AvgIpc) is 2.62. The third-order valence-corrected chi connectivity index (χ3v) is 4.19. The Morgan fingerprint density at radius 2 is 1.56 bits per heavy atom. The minimum Gasteiger partial charge on any atom is -0.497 e. The van der Waals surface area contributed by atoms with Gasteiger partial charge in [0.15, 0.2) is 0 Å². The van der Waals surface area contributed by atoms with Gasteiger partial charge in [0.2, 0.25) is 5.91 Å². The predicted molar refractivity (Wildman–Crippen MR) is 98.5 cm³/mol. The van der Waals surface area contributed by atoms with E-state index in [1.165, 1.54) is 0 Å². The number of hydrogen-bond donors (Lipinski definition) is 2. The smallest absolute Gasteiger partial charge is 0.251 e. The summed E-state index contributed by atoms with van der Waals surface area (Å²) < 4.78 is 5.04. The van der Waals surface area contributed by atoms with Gasteiger partial charge in [0, 0.05) is 28.7 Å². The summed E-state index contributed by atoms with van der Waals surface area (Å²) in [5, 5.41) is 6.36. The van der Waals surface area contributed by atoms with E-state index >= 15 is 0 Å². The fourth-order valence-corrected chi connectivity index (χ4v) is 2.68.